The van der Waals surface area contributed by atoms with Gasteiger partial charge in [0.1, 0.15) is 5.71 Å². The molecular formula is C14H23N3O4. The largest absolute Gasteiger partial charge is 0.481 e. The molecule has 3 N–H and O–H groups in total. The van der Waals surface area contributed by atoms with Crippen LogP contribution in [-0.4, -0.2) is 35.1 Å². The van der Waals surface area contributed by atoms with Crippen LogP contribution in [0.5, 0.6) is 0 Å². The Morgan fingerprint density at radius 3 is 2.67 bits per heavy atom. The maximum atomic E-state index is 11.8. The molecular weight excluding hydrogens is 274 g/mol. The number of rotatable bonds is 9. The molecule has 0 spiro atoms. The van der Waals surface area contributed by atoms with Crippen molar-refractivity contribution in [3.8, 4) is 0 Å². The minimum Gasteiger partial charge on any atom is -0.481 e. The van der Waals surface area contributed by atoms with Crippen molar-refractivity contribution in [1.29, 1.82) is 0 Å². The van der Waals surface area contributed by atoms with Crippen LogP contribution in [0.3, 0.4) is 0 Å². The summed E-state index contributed by atoms with van der Waals surface area (Å²) in [6.07, 6.45) is 4.15. The number of nitrogens with one attached hydrogen (secondary N) is 2. The van der Waals surface area contributed by atoms with E-state index in [1.165, 1.54) is 0 Å². The summed E-state index contributed by atoms with van der Waals surface area (Å²) in [5.74, 6) is -0.918. The Morgan fingerprint density at radius 1 is 1.33 bits per heavy atom. The van der Waals surface area contributed by atoms with Gasteiger partial charge in [-0.05, 0) is 18.8 Å². The lowest BCUT2D eigenvalue weighted by molar-refractivity contribution is -0.137. The molecule has 0 saturated heterocycles. The summed E-state index contributed by atoms with van der Waals surface area (Å²) in [4.78, 5) is 33.4. The third-order valence-corrected chi connectivity index (χ3v) is 3.47. The van der Waals surface area contributed by atoms with Crippen molar-refractivity contribution >= 4 is 23.5 Å². The van der Waals surface area contributed by atoms with Crippen molar-refractivity contribution in [2.24, 2.45) is 11.0 Å². The summed E-state index contributed by atoms with van der Waals surface area (Å²) < 4.78 is 0. The van der Waals surface area contributed by atoms with Gasteiger partial charge in [0, 0.05) is 25.8 Å². The molecule has 0 saturated carbocycles. The standard InChI is InChI=1S/C14H23N3O4/c1-2-3-10(4-7-13(19)20)8-9-15-14(21)11-5-6-12(18)17-16-11/h10H,2-9H2,1H3,(H,15,21)(H,17,18)(H,19,20). The molecule has 0 aliphatic carbocycles. The van der Waals surface area contributed by atoms with Crippen molar-refractivity contribution in [1.82, 2.24) is 10.7 Å². The van der Waals surface area contributed by atoms with Crippen LogP contribution < -0.4 is 10.7 Å². The van der Waals surface area contributed by atoms with E-state index in [0.717, 1.165) is 19.3 Å². The second-order valence-corrected chi connectivity index (χ2v) is 5.23. The summed E-state index contributed by atoms with van der Waals surface area (Å²) in [5.41, 5.74) is 2.63. The molecule has 2 amide bonds. The van der Waals surface area contributed by atoms with Gasteiger partial charge in [-0.1, -0.05) is 19.8 Å². The Morgan fingerprint density at radius 2 is 2.10 bits per heavy atom. The van der Waals surface area contributed by atoms with E-state index in [0.29, 0.717) is 31.0 Å². The third-order valence-electron chi connectivity index (χ3n) is 3.47. The minimum absolute atomic E-state index is 0.164. The van der Waals surface area contributed by atoms with Gasteiger partial charge in [0.25, 0.3) is 5.91 Å². The second kappa shape index (κ2) is 9.10. The Balaban J connectivity index is 2.30. The first-order valence-corrected chi connectivity index (χ1v) is 7.38. The molecule has 1 atom stereocenters. The monoisotopic (exact) mass is 297 g/mol. The lowest BCUT2D eigenvalue weighted by atomic mass is 9.94. The van der Waals surface area contributed by atoms with Gasteiger partial charge in [0.2, 0.25) is 5.91 Å². The van der Waals surface area contributed by atoms with E-state index in [9.17, 15) is 14.4 Å². The molecule has 7 heteroatoms. The number of hydrazone groups is 1. The van der Waals surface area contributed by atoms with Gasteiger partial charge in [-0.3, -0.25) is 14.4 Å². The zero-order chi connectivity index (χ0) is 15.7. The number of carboxylic acid groups (broad SMARTS) is 1. The topological polar surface area (TPSA) is 108 Å². The number of carboxylic acids is 1. The van der Waals surface area contributed by atoms with Crippen molar-refractivity contribution in [3.63, 3.8) is 0 Å². The van der Waals surface area contributed by atoms with Crippen LogP contribution >= 0.6 is 0 Å². The molecule has 0 radical (unpaired) electrons. The zero-order valence-electron chi connectivity index (χ0n) is 12.4. The van der Waals surface area contributed by atoms with Gasteiger partial charge in [-0.25, -0.2) is 5.43 Å². The Labute approximate surface area is 124 Å². The fourth-order valence-corrected chi connectivity index (χ4v) is 2.30. The summed E-state index contributed by atoms with van der Waals surface area (Å²) in [6, 6.07) is 0. The van der Waals surface area contributed by atoms with Crippen molar-refractivity contribution < 1.29 is 19.5 Å². The number of amides is 2. The smallest absolute Gasteiger partial charge is 0.303 e. The van der Waals surface area contributed by atoms with Gasteiger partial charge in [-0.15, -0.1) is 0 Å². The summed E-state index contributed by atoms with van der Waals surface area (Å²) in [7, 11) is 0. The van der Waals surface area contributed by atoms with E-state index >= 15 is 0 Å². The van der Waals surface area contributed by atoms with Crippen molar-refractivity contribution in [2.75, 3.05) is 6.54 Å². The molecule has 1 rings (SSSR count). The fourth-order valence-electron chi connectivity index (χ4n) is 2.30. The number of carbonyl (C=O) groups excluding carboxylic acids is 2. The molecule has 118 valence electrons. The van der Waals surface area contributed by atoms with Gasteiger partial charge < -0.3 is 10.4 Å². The van der Waals surface area contributed by atoms with E-state index in [-0.39, 0.29) is 24.7 Å². The van der Waals surface area contributed by atoms with Gasteiger partial charge in [0.05, 0.1) is 0 Å². The number of aliphatic carboxylic acids is 1. The molecule has 0 aromatic carbocycles. The molecule has 1 aliphatic rings. The number of nitrogens with zero attached hydrogens (tertiary/aromatic N) is 1. The molecule has 1 heterocycles. The first-order valence-electron chi connectivity index (χ1n) is 7.38. The van der Waals surface area contributed by atoms with Crippen LogP contribution in [0.15, 0.2) is 5.10 Å². The lowest BCUT2D eigenvalue weighted by Crippen LogP contribution is -2.37. The first kappa shape index (κ1) is 17.1. The first-order chi connectivity index (χ1) is 10.0. The zero-order valence-corrected chi connectivity index (χ0v) is 12.4. The highest BCUT2D eigenvalue weighted by atomic mass is 16.4. The Hall–Kier alpha value is -1.92. The molecule has 1 aliphatic heterocycles. The molecule has 0 aromatic heterocycles. The van der Waals surface area contributed by atoms with Gasteiger partial charge >= 0.3 is 5.97 Å². The van der Waals surface area contributed by atoms with Gasteiger partial charge in [-0.2, -0.15) is 5.10 Å². The molecule has 0 aromatic rings. The number of hydrogen-bond donors (Lipinski definition) is 3. The fraction of sp³-hybridized carbons (Fsp3) is 0.714. The number of carbonyl (C=O) groups is 3. The summed E-state index contributed by atoms with van der Waals surface area (Å²) >= 11 is 0. The van der Waals surface area contributed by atoms with Crippen molar-refractivity contribution in [2.45, 2.75) is 51.9 Å². The Kier molecular flexibility index (Phi) is 7.42. The summed E-state index contributed by atoms with van der Waals surface area (Å²) in [6.45, 7) is 2.56. The Bertz CT molecular complexity index is 420. The second-order valence-electron chi connectivity index (χ2n) is 5.23. The average molecular weight is 297 g/mol. The van der Waals surface area contributed by atoms with E-state index in [4.69, 9.17) is 5.11 Å². The molecule has 21 heavy (non-hydrogen) atoms. The molecule has 0 bridgehead atoms. The highest BCUT2D eigenvalue weighted by molar-refractivity contribution is 6.39. The minimum atomic E-state index is -0.785. The maximum absolute atomic E-state index is 11.8. The quantitative estimate of drug-likeness (QED) is 0.591. The molecule has 1 unspecified atom stereocenters. The van der Waals surface area contributed by atoms with Crippen LogP contribution in [0.2, 0.25) is 0 Å². The molecule has 0 fully saturated rings. The van der Waals surface area contributed by atoms with Crippen LogP contribution in [0.25, 0.3) is 0 Å². The molecule has 7 nitrogen and oxygen atoms in total. The third kappa shape index (κ3) is 6.87. The predicted octanol–water partition coefficient (Wildman–Crippen LogP) is 1.04. The SMILES string of the molecule is CCCC(CCNC(=O)C1=NNC(=O)CC1)CCC(=O)O. The van der Waals surface area contributed by atoms with Crippen molar-refractivity contribution in [3.05, 3.63) is 0 Å². The van der Waals surface area contributed by atoms with E-state index in [2.05, 4.69) is 22.8 Å². The van der Waals surface area contributed by atoms with Crippen LogP contribution in [-0.2, 0) is 14.4 Å². The maximum Gasteiger partial charge on any atom is 0.303 e. The van der Waals surface area contributed by atoms with Crippen LogP contribution in [0.4, 0.5) is 0 Å². The predicted molar refractivity (Wildman–Crippen MR) is 77.7 cm³/mol. The normalized spacial score (nSPS) is 15.9. The van der Waals surface area contributed by atoms with E-state index in [1.54, 1.807) is 0 Å². The highest BCUT2D eigenvalue weighted by Crippen LogP contribution is 2.17. The van der Waals surface area contributed by atoms with Crippen LogP contribution in [0.1, 0.15) is 51.9 Å². The van der Waals surface area contributed by atoms with Gasteiger partial charge in [0.15, 0.2) is 0 Å². The lowest BCUT2D eigenvalue weighted by Gasteiger charge is -2.16. The number of hydrogen-bond acceptors (Lipinski definition) is 4. The van der Waals surface area contributed by atoms with Crippen LogP contribution in [0, 0.1) is 5.92 Å². The van der Waals surface area contributed by atoms with E-state index in [1.807, 2.05) is 0 Å². The summed E-state index contributed by atoms with van der Waals surface area (Å²) in [5, 5.41) is 15.2. The average Bonchev–Trinajstić information content (AvgIpc) is 2.45. The van der Waals surface area contributed by atoms with E-state index < -0.39 is 5.97 Å². The highest BCUT2D eigenvalue weighted by Gasteiger charge is 2.18.